The van der Waals surface area contributed by atoms with Crippen LogP contribution in [0.25, 0.3) is 11.5 Å². The average molecular weight is 342 g/mol. The number of thioether (sulfide) groups is 1. The number of nitrogens with zero attached hydrogens (tertiary/aromatic N) is 2. The maximum Gasteiger partial charge on any atom is 0.251 e. The Morgan fingerprint density at radius 2 is 1.75 bits per heavy atom. The van der Waals surface area contributed by atoms with E-state index in [1.165, 1.54) is 5.56 Å². The lowest BCUT2D eigenvalue weighted by Crippen LogP contribution is -1.87. The first kappa shape index (κ1) is 16.5. The van der Waals surface area contributed by atoms with Crippen molar-refractivity contribution in [3.05, 3.63) is 65.5 Å². The maximum atomic E-state index is 9.05. The molecule has 1 heterocycles. The quantitative estimate of drug-likeness (QED) is 0.706. The van der Waals surface area contributed by atoms with E-state index in [-0.39, 0.29) is 6.61 Å². The summed E-state index contributed by atoms with van der Waals surface area (Å²) in [4.78, 5) is 0. The molecule has 24 heavy (non-hydrogen) atoms. The van der Waals surface area contributed by atoms with Crippen LogP contribution in [0.4, 0.5) is 0 Å². The van der Waals surface area contributed by atoms with Crippen LogP contribution in [-0.2, 0) is 18.1 Å². The van der Waals surface area contributed by atoms with Gasteiger partial charge in [-0.15, -0.1) is 22.0 Å². The lowest BCUT2D eigenvalue weighted by Gasteiger charge is -2.03. The summed E-state index contributed by atoms with van der Waals surface area (Å²) in [5.41, 5.74) is 2.91. The molecule has 0 amide bonds. The van der Waals surface area contributed by atoms with Gasteiger partial charge in [0.15, 0.2) is 0 Å². The van der Waals surface area contributed by atoms with Gasteiger partial charge in [-0.1, -0.05) is 36.4 Å². The van der Waals surface area contributed by atoms with Crippen molar-refractivity contribution in [3.63, 3.8) is 0 Å². The lowest BCUT2D eigenvalue weighted by molar-refractivity contribution is 0.282. The number of methoxy groups -OCH3 is 1. The number of hydrogen-bond donors (Lipinski definition) is 1. The molecule has 1 aromatic heterocycles. The van der Waals surface area contributed by atoms with Crippen LogP contribution >= 0.6 is 11.8 Å². The summed E-state index contributed by atoms with van der Waals surface area (Å²) < 4.78 is 11.0. The highest BCUT2D eigenvalue weighted by atomic mass is 32.2. The van der Waals surface area contributed by atoms with Crippen LogP contribution in [0.2, 0.25) is 0 Å². The number of hydrogen-bond acceptors (Lipinski definition) is 6. The van der Waals surface area contributed by atoms with E-state index in [4.69, 9.17) is 14.3 Å². The third-order valence-corrected chi connectivity index (χ3v) is 4.49. The average Bonchev–Trinajstić information content (AvgIpc) is 3.11. The Bertz CT molecular complexity index is 787. The second kappa shape index (κ2) is 7.99. The highest BCUT2D eigenvalue weighted by Crippen LogP contribution is 2.29. The SMILES string of the molecule is COc1ccccc1-c1nnc(CSCc2ccc(CO)cc2)o1. The van der Waals surface area contributed by atoms with Crippen molar-refractivity contribution >= 4 is 11.8 Å². The Hall–Kier alpha value is -2.31. The van der Waals surface area contributed by atoms with Crippen LogP contribution in [0, 0.1) is 0 Å². The van der Waals surface area contributed by atoms with Crippen LogP contribution in [0.1, 0.15) is 17.0 Å². The Balaban J connectivity index is 1.59. The molecule has 124 valence electrons. The second-order valence-corrected chi connectivity index (χ2v) is 6.15. The van der Waals surface area contributed by atoms with Gasteiger partial charge in [0.2, 0.25) is 5.89 Å². The monoisotopic (exact) mass is 342 g/mol. The van der Waals surface area contributed by atoms with E-state index in [1.807, 2.05) is 48.5 Å². The molecule has 2 aromatic carbocycles. The number of ether oxygens (including phenoxy) is 1. The zero-order valence-corrected chi connectivity index (χ0v) is 14.1. The molecule has 0 saturated carbocycles. The predicted molar refractivity (Wildman–Crippen MR) is 93.6 cm³/mol. The fourth-order valence-electron chi connectivity index (χ4n) is 2.24. The van der Waals surface area contributed by atoms with Crippen molar-refractivity contribution in [2.75, 3.05) is 7.11 Å². The molecule has 0 unspecified atom stereocenters. The first-order chi connectivity index (χ1) is 11.8. The normalized spacial score (nSPS) is 10.8. The predicted octanol–water partition coefficient (Wildman–Crippen LogP) is 3.67. The van der Waals surface area contributed by atoms with E-state index in [0.29, 0.717) is 23.3 Å². The molecule has 0 spiro atoms. The van der Waals surface area contributed by atoms with E-state index >= 15 is 0 Å². The van der Waals surface area contributed by atoms with Gasteiger partial charge in [0, 0.05) is 5.75 Å². The number of para-hydroxylation sites is 1. The number of benzene rings is 2. The molecule has 0 fully saturated rings. The molecular weight excluding hydrogens is 324 g/mol. The zero-order chi connectivity index (χ0) is 16.8. The fourth-order valence-corrected chi connectivity index (χ4v) is 3.06. The summed E-state index contributed by atoms with van der Waals surface area (Å²) in [6, 6.07) is 15.5. The minimum absolute atomic E-state index is 0.0706. The third kappa shape index (κ3) is 3.96. The molecule has 0 radical (unpaired) electrons. The second-order valence-electron chi connectivity index (χ2n) is 5.17. The van der Waals surface area contributed by atoms with Crippen molar-refractivity contribution in [2.45, 2.75) is 18.1 Å². The molecule has 3 aromatic rings. The Labute approximate surface area is 144 Å². The first-order valence-corrected chi connectivity index (χ1v) is 8.68. The van der Waals surface area contributed by atoms with Crippen molar-refractivity contribution < 1.29 is 14.3 Å². The maximum absolute atomic E-state index is 9.05. The molecule has 3 rings (SSSR count). The largest absolute Gasteiger partial charge is 0.496 e. The molecule has 5 nitrogen and oxygen atoms in total. The summed E-state index contributed by atoms with van der Waals surface area (Å²) in [6.07, 6.45) is 0. The summed E-state index contributed by atoms with van der Waals surface area (Å²) in [6.45, 7) is 0.0706. The van der Waals surface area contributed by atoms with Gasteiger partial charge in [0.25, 0.3) is 5.89 Å². The van der Waals surface area contributed by atoms with Gasteiger partial charge in [-0.25, -0.2) is 0 Å². The summed E-state index contributed by atoms with van der Waals surface area (Å²) in [7, 11) is 1.62. The number of aliphatic hydroxyl groups excluding tert-OH is 1. The highest BCUT2D eigenvalue weighted by molar-refractivity contribution is 7.97. The van der Waals surface area contributed by atoms with Crippen LogP contribution < -0.4 is 4.74 Å². The van der Waals surface area contributed by atoms with Crippen molar-refractivity contribution in [2.24, 2.45) is 0 Å². The smallest absolute Gasteiger partial charge is 0.251 e. The molecule has 0 aliphatic rings. The molecule has 0 bridgehead atoms. The van der Waals surface area contributed by atoms with Gasteiger partial charge in [-0.2, -0.15) is 0 Å². The van der Waals surface area contributed by atoms with Crippen LogP contribution in [0.3, 0.4) is 0 Å². The van der Waals surface area contributed by atoms with Gasteiger partial charge in [-0.3, -0.25) is 0 Å². The van der Waals surface area contributed by atoms with E-state index < -0.39 is 0 Å². The standard InChI is InChI=1S/C18H18N2O3S/c1-22-16-5-3-2-4-15(16)18-20-19-17(23-18)12-24-11-14-8-6-13(10-21)7-9-14/h2-9,21H,10-12H2,1H3. The number of aliphatic hydroxyl groups is 1. The van der Waals surface area contributed by atoms with E-state index in [0.717, 1.165) is 16.9 Å². The van der Waals surface area contributed by atoms with Crippen molar-refractivity contribution in [1.82, 2.24) is 10.2 Å². The van der Waals surface area contributed by atoms with Crippen molar-refractivity contribution in [1.29, 1.82) is 0 Å². The van der Waals surface area contributed by atoms with Crippen LogP contribution in [-0.4, -0.2) is 22.4 Å². The minimum Gasteiger partial charge on any atom is -0.496 e. The van der Waals surface area contributed by atoms with E-state index in [9.17, 15) is 0 Å². The molecule has 0 atom stereocenters. The van der Waals surface area contributed by atoms with E-state index in [1.54, 1.807) is 18.9 Å². The van der Waals surface area contributed by atoms with Gasteiger partial charge in [-0.05, 0) is 23.3 Å². The van der Waals surface area contributed by atoms with E-state index in [2.05, 4.69) is 10.2 Å². The summed E-state index contributed by atoms with van der Waals surface area (Å²) >= 11 is 1.70. The third-order valence-electron chi connectivity index (χ3n) is 3.50. The fraction of sp³-hybridized carbons (Fsp3) is 0.222. The summed E-state index contributed by atoms with van der Waals surface area (Å²) in [5, 5.41) is 17.3. The highest BCUT2D eigenvalue weighted by Gasteiger charge is 2.12. The minimum atomic E-state index is 0.0706. The lowest BCUT2D eigenvalue weighted by atomic mass is 10.2. The Morgan fingerprint density at radius 1 is 1.00 bits per heavy atom. The van der Waals surface area contributed by atoms with Gasteiger partial charge < -0.3 is 14.3 Å². The molecule has 0 saturated heterocycles. The van der Waals surface area contributed by atoms with Gasteiger partial charge in [0.1, 0.15) is 5.75 Å². The summed E-state index contributed by atoms with van der Waals surface area (Å²) in [5.74, 6) is 3.26. The number of aromatic nitrogens is 2. The Kier molecular flexibility index (Phi) is 5.51. The zero-order valence-electron chi connectivity index (χ0n) is 13.3. The topological polar surface area (TPSA) is 68.4 Å². The van der Waals surface area contributed by atoms with Crippen LogP contribution in [0.15, 0.2) is 52.9 Å². The molecular formula is C18H18N2O3S. The molecule has 1 N–H and O–H groups in total. The Morgan fingerprint density at radius 3 is 2.50 bits per heavy atom. The molecule has 6 heteroatoms. The van der Waals surface area contributed by atoms with Gasteiger partial charge >= 0.3 is 0 Å². The van der Waals surface area contributed by atoms with Crippen LogP contribution in [0.5, 0.6) is 5.75 Å². The first-order valence-electron chi connectivity index (χ1n) is 7.52. The van der Waals surface area contributed by atoms with Gasteiger partial charge in [0.05, 0.1) is 25.0 Å². The van der Waals surface area contributed by atoms with Crippen molar-refractivity contribution in [3.8, 4) is 17.2 Å². The molecule has 0 aliphatic carbocycles. The molecule has 0 aliphatic heterocycles. The number of rotatable bonds is 7.